The Morgan fingerprint density at radius 3 is 2.61 bits per heavy atom. The minimum atomic E-state index is -3.60. The lowest BCUT2D eigenvalue weighted by molar-refractivity contribution is -0.168. The number of ether oxygens (including phenoxy) is 2. The van der Waals surface area contributed by atoms with Crippen LogP contribution in [0.4, 0.5) is 0 Å². The van der Waals surface area contributed by atoms with E-state index >= 15 is 0 Å². The topological polar surface area (TPSA) is 183 Å². The van der Waals surface area contributed by atoms with E-state index in [9.17, 15) is 36.0 Å². The molecule has 1 fully saturated rings. The number of nitrogens with zero attached hydrogens (tertiary/aromatic N) is 1. The molecule has 0 radical (unpaired) electrons. The number of carbonyl (C=O) groups excluding carboxylic acids is 4. The standard InChI is InChI=1S/C38H38Cl2N2O11S3/c1-55(47,48)28-7-4-5-23(17-28)18-31(38(46)53-22-52-33(43)8-3-2-6-27-13-16-56(49,50)54-27)41-36(44)34-30(39)19-26-21-42(14-11-29(26)35(34)40)37(45)25-10-9-24-12-15-51-32(24)20-25/h4-5,7,9-10,12,15,17,19-20,27,31H,2-3,6,8,11,13-14,16,18,21-22H2,1H3,(H,41,44)/t27-,31+/m1/s1. The third-order valence-corrected chi connectivity index (χ3v) is 15.3. The number of esters is 2. The Hall–Kier alpha value is -4.09. The molecule has 1 saturated heterocycles. The lowest BCUT2D eigenvalue weighted by Crippen LogP contribution is -2.44. The number of sulfone groups is 1. The largest absolute Gasteiger partial charge is 0.464 e. The highest BCUT2D eigenvalue weighted by atomic mass is 35.5. The molecule has 6 rings (SSSR count). The van der Waals surface area contributed by atoms with E-state index < -0.39 is 49.4 Å². The van der Waals surface area contributed by atoms with Crippen LogP contribution in [-0.2, 0) is 57.2 Å². The van der Waals surface area contributed by atoms with E-state index in [2.05, 4.69) is 5.32 Å². The highest BCUT2D eigenvalue weighted by molar-refractivity contribution is 8.72. The summed E-state index contributed by atoms with van der Waals surface area (Å²) in [4.78, 5) is 54.6. The van der Waals surface area contributed by atoms with Gasteiger partial charge in [-0.2, -0.15) is 0 Å². The molecule has 2 amide bonds. The summed E-state index contributed by atoms with van der Waals surface area (Å²) in [7, 11) is -5.68. The maximum atomic E-state index is 13.8. The van der Waals surface area contributed by atoms with Crippen LogP contribution in [0.5, 0.6) is 0 Å². The predicted octanol–water partition coefficient (Wildman–Crippen LogP) is 6.12. The van der Waals surface area contributed by atoms with Crippen LogP contribution in [0.25, 0.3) is 11.0 Å². The lowest BCUT2D eigenvalue weighted by Gasteiger charge is -2.30. The Bertz CT molecular complexity index is 2400. The molecule has 2 aliphatic rings. The number of rotatable bonds is 14. The smallest absolute Gasteiger partial charge is 0.331 e. The molecule has 3 heterocycles. The van der Waals surface area contributed by atoms with Crippen molar-refractivity contribution in [1.29, 1.82) is 0 Å². The van der Waals surface area contributed by atoms with Crippen molar-refractivity contribution in [3.8, 4) is 0 Å². The summed E-state index contributed by atoms with van der Waals surface area (Å²) in [5.41, 5.74) is 2.59. The van der Waals surface area contributed by atoms with Crippen LogP contribution in [0.3, 0.4) is 0 Å². The van der Waals surface area contributed by atoms with Crippen molar-refractivity contribution < 1.29 is 49.9 Å². The van der Waals surface area contributed by atoms with Crippen LogP contribution < -0.4 is 5.32 Å². The van der Waals surface area contributed by atoms with Gasteiger partial charge in [0.1, 0.15) is 11.6 Å². The molecule has 2 aliphatic heterocycles. The number of hydrogen-bond donors (Lipinski definition) is 1. The van der Waals surface area contributed by atoms with Crippen molar-refractivity contribution in [2.24, 2.45) is 0 Å². The van der Waals surface area contributed by atoms with E-state index in [-0.39, 0.29) is 56.8 Å². The second kappa shape index (κ2) is 17.6. The van der Waals surface area contributed by atoms with Crippen LogP contribution in [0.1, 0.15) is 69.5 Å². The number of amides is 2. The van der Waals surface area contributed by atoms with Gasteiger partial charge in [0.05, 0.1) is 32.5 Å². The maximum Gasteiger partial charge on any atom is 0.331 e. The molecular weight excluding hydrogens is 828 g/mol. The van der Waals surface area contributed by atoms with Crippen molar-refractivity contribution in [3.63, 3.8) is 0 Å². The number of fused-ring (bicyclic) bond motifs is 2. The Kier molecular flexibility index (Phi) is 13.0. The van der Waals surface area contributed by atoms with E-state index in [0.717, 1.165) is 22.4 Å². The minimum absolute atomic E-state index is 0.00390. The zero-order valence-electron chi connectivity index (χ0n) is 30.1. The van der Waals surface area contributed by atoms with Gasteiger partial charge in [-0.05, 0) is 89.6 Å². The fourth-order valence-corrected chi connectivity index (χ4v) is 12.2. The van der Waals surface area contributed by atoms with Gasteiger partial charge in [0.25, 0.3) is 11.8 Å². The van der Waals surface area contributed by atoms with E-state index in [1.807, 2.05) is 0 Å². The zero-order chi connectivity index (χ0) is 40.2. The van der Waals surface area contributed by atoms with Crippen molar-refractivity contribution in [2.75, 3.05) is 25.3 Å². The number of halogens is 2. The fourth-order valence-electron chi connectivity index (χ4n) is 6.61. The van der Waals surface area contributed by atoms with Gasteiger partial charge in [0, 0.05) is 48.4 Å². The Labute approximate surface area is 337 Å². The fraction of sp³-hybridized carbons (Fsp3) is 0.368. The first-order valence-electron chi connectivity index (χ1n) is 17.7. The first-order valence-corrected chi connectivity index (χ1v) is 23.4. The Balaban J connectivity index is 1.11. The number of unbranched alkanes of at least 4 members (excludes halogenated alkanes) is 1. The summed E-state index contributed by atoms with van der Waals surface area (Å²) in [6.45, 7) is -0.256. The Morgan fingerprint density at radius 2 is 1.86 bits per heavy atom. The van der Waals surface area contributed by atoms with Crippen molar-refractivity contribution in [1.82, 2.24) is 10.2 Å². The number of carbonyl (C=O) groups is 4. The summed E-state index contributed by atoms with van der Waals surface area (Å²) < 4.78 is 63.5. The molecule has 1 aromatic heterocycles. The number of furan rings is 1. The van der Waals surface area contributed by atoms with E-state index in [4.69, 9.17) is 37.1 Å². The summed E-state index contributed by atoms with van der Waals surface area (Å²) in [5.74, 6) is -2.46. The van der Waals surface area contributed by atoms with Crippen LogP contribution in [0.2, 0.25) is 10.0 Å². The first-order chi connectivity index (χ1) is 26.6. The predicted molar refractivity (Wildman–Crippen MR) is 211 cm³/mol. The third-order valence-electron chi connectivity index (χ3n) is 9.53. The van der Waals surface area contributed by atoms with Crippen LogP contribution in [-0.4, -0.2) is 82.1 Å². The van der Waals surface area contributed by atoms with E-state index in [1.165, 1.54) is 18.2 Å². The molecule has 56 heavy (non-hydrogen) atoms. The second-order valence-corrected chi connectivity index (χ2v) is 20.9. The molecule has 4 aromatic rings. The van der Waals surface area contributed by atoms with Gasteiger partial charge in [0.15, 0.2) is 9.84 Å². The van der Waals surface area contributed by atoms with Crippen molar-refractivity contribution in [3.05, 3.63) is 98.7 Å². The molecule has 0 bridgehead atoms. The number of nitrogens with one attached hydrogen (secondary N) is 1. The summed E-state index contributed by atoms with van der Waals surface area (Å²) in [6.07, 6.45) is 5.05. The van der Waals surface area contributed by atoms with Gasteiger partial charge in [-0.1, -0.05) is 47.8 Å². The molecule has 298 valence electrons. The molecule has 1 N–H and O–H groups in total. The van der Waals surface area contributed by atoms with Crippen LogP contribution in [0, 0.1) is 0 Å². The molecule has 13 nitrogen and oxygen atoms in total. The first kappa shape index (κ1) is 41.5. The van der Waals surface area contributed by atoms with Crippen molar-refractivity contribution >= 4 is 87.4 Å². The van der Waals surface area contributed by atoms with Crippen LogP contribution >= 0.6 is 34.0 Å². The molecule has 0 aliphatic carbocycles. The molecule has 0 saturated carbocycles. The van der Waals surface area contributed by atoms with Gasteiger partial charge in [-0.25, -0.2) is 21.6 Å². The quantitative estimate of drug-likeness (QED) is 0.0664. The second-order valence-electron chi connectivity index (χ2n) is 13.6. The van der Waals surface area contributed by atoms with E-state index in [1.54, 1.807) is 47.6 Å². The van der Waals surface area contributed by atoms with E-state index in [0.29, 0.717) is 66.5 Å². The Morgan fingerprint density at radius 1 is 1.05 bits per heavy atom. The molecule has 18 heteroatoms. The number of benzene rings is 3. The van der Waals surface area contributed by atoms with Gasteiger partial charge in [-0.15, -0.1) is 0 Å². The van der Waals surface area contributed by atoms with Gasteiger partial charge in [-0.3, -0.25) is 14.4 Å². The summed E-state index contributed by atoms with van der Waals surface area (Å²) >= 11 is 13.5. The maximum absolute atomic E-state index is 13.8. The number of hydrogen-bond acceptors (Lipinski definition) is 12. The van der Waals surface area contributed by atoms with Crippen LogP contribution in [0.15, 0.2) is 70.2 Å². The molecule has 0 unspecified atom stereocenters. The highest BCUT2D eigenvalue weighted by Gasteiger charge is 2.31. The highest BCUT2D eigenvalue weighted by Crippen LogP contribution is 2.36. The average Bonchev–Trinajstić information content (AvgIpc) is 3.77. The lowest BCUT2D eigenvalue weighted by atomic mass is 9.95. The molecule has 3 aromatic carbocycles. The molecule has 0 spiro atoms. The normalized spacial score (nSPS) is 16.9. The summed E-state index contributed by atoms with van der Waals surface area (Å²) in [6, 6.07) is 13.0. The van der Waals surface area contributed by atoms with Crippen molar-refractivity contribution in [2.45, 2.75) is 67.7 Å². The average molecular weight is 866 g/mol. The van der Waals surface area contributed by atoms with Gasteiger partial charge in [0.2, 0.25) is 15.7 Å². The zero-order valence-corrected chi connectivity index (χ0v) is 34.1. The van der Waals surface area contributed by atoms with Gasteiger partial charge < -0.3 is 24.1 Å². The summed E-state index contributed by atoms with van der Waals surface area (Å²) in [5, 5.41) is 3.52. The minimum Gasteiger partial charge on any atom is -0.464 e. The SMILES string of the molecule is CS(=O)(=O)c1cccc(C[C@H](NC(=O)c2c(Cl)cc3c(c2Cl)CCN(C(=O)c2ccc4ccoc4c2)C3)C(=O)OCOC(=O)CCCC[C@@H]2CCS(=O)(=O)S2)c1. The molecule has 2 atom stereocenters. The third kappa shape index (κ3) is 10.3. The molecular formula is C38H38Cl2N2O11S3. The van der Waals surface area contributed by atoms with Gasteiger partial charge >= 0.3 is 11.9 Å². The monoisotopic (exact) mass is 864 g/mol.